The fraction of sp³-hybridized carbons (Fsp3) is 0.458. The summed E-state index contributed by atoms with van der Waals surface area (Å²) in [6, 6.07) is 9.17. The Labute approximate surface area is 180 Å². The van der Waals surface area contributed by atoms with Crippen molar-refractivity contribution in [2.75, 3.05) is 0 Å². The Bertz CT molecular complexity index is 904. The number of benzene rings is 2. The Morgan fingerprint density at radius 3 is 2.29 bits per heavy atom. The monoisotopic (exact) mass is 435 g/mol. The highest BCUT2D eigenvalue weighted by Gasteiger charge is 2.32. The molecule has 1 amide bonds. The second kappa shape index (κ2) is 9.62. The first kappa shape index (κ1) is 23.0. The molecule has 0 fully saturated rings. The number of aromatic hydroxyl groups is 1. The molecule has 2 aromatic rings. The molecule has 0 unspecified atom stereocenters. The molecule has 0 spiro atoms. The number of hydrogen-bond donors (Lipinski definition) is 1. The van der Waals surface area contributed by atoms with E-state index in [9.17, 15) is 23.1 Å². The minimum atomic E-state index is -4.74. The van der Waals surface area contributed by atoms with E-state index < -0.39 is 6.36 Å². The molecule has 0 bridgehead atoms. The predicted octanol–water partition coefficient (Wildman–Crippen LogP) is 6.21. The summed E-state index contributed by atoms with van der Waals surface area (Å²) in [5, 5.41) is 10.5. The largest absolute Gasteiger partial charge is 0.573 e. The molecule has 3 rings (SSSR count). The van der Waals surface area contributed by atoms with E-state index in [2.05, 4.69) is 18.6 Å². The molecular weight excluding hydrogens is 407 g/mol. The normalized spacial score (nSPS) is 13.7. The van der Waals surface area contributed by atoms with Crippen LogP contribution in [0.15, 0.2) is 36.4 Å². The van der Waals surface area contributed by atoms with Crippen LogP contribution < -0.4 is 4.74 Å². The second-order valence-electron chi connectivity index (χ2n) is 8.15. The van der Waals surface area contributed by atoms with Crippen molar-refractivity contribution >= 4 is 5.91 Å². The lowest BCUT2D eigenvalue weighted by Crippen LogP contribution is -2.23. The molecule has 0 atom stereocenters. The maximum Gasteiger partial charge on any atom is 0.573 e. The van der Waals surface area contributed by atoms with E-state index in [1.807, 2.05) is 6.07 Å². The summed E-state index contributed by atoms with van der Waals surface area (Å²) in [6.07, 6.45) is 0.616. The number of ether oxygens (including phenoxy) is 1. The molecule has 31 heavy (non-hydrogen) atoms. The predicted molar refractivity (Wildman–Crippen MR) is 112 cm³/mol. The highest BCUT2D eigenvalue weighted by molar-refractivity contribution is 6.01. The van der Waals surface area contributed by atoms with Crippen LogP contribution in [0, 0.1) is 5.92 Å². The molecule has 1 aliphatic rings. The van der Waals surface area contributed by atoms with Crippen LogP contribution in [0.25, 0.3) is 0 Å². The standard InChI is InChI=1S/C24H28F3NO3/c1-3-5-16(6-4-2)11-18-12-19-15-28(23(30)22(19)21(29)13-18)14-17-7-9-20(10-8-17)31-24(25,26)27/h7-10,12-13,16,29H,3-6,11,14-15H2,1-2H3. The Kier molecular flexibility index (Phi) is 7.13. The van der Waals surface area contributed by atoms with Gasteiger partial charge in [0.15, 0.2) is 0 Å². The van der Waals surface area contributed by atoms with Crippen molar-refractivity contribution in [1.82, 2.24) is 4.90 Å². The molecule has 2 aromatic carbocycles. The van der Waals surface area contributed by atoms with Gasteiger partial charge in [-0.05, 0) is 47.2 Å². The van der Waals surface area contributed by atoms with E-state index >= 15 is 0 Å². The quantitative estimate of drug-likeness (QED) is 0.510. The molecule has 168 valence electrons. The summed E-state index contributed by atoms with van der Waals surface area (Å²) in [6.45, 7) is 4.94. The molecule has 0 aliphatic carbocycles. The van der Waals surface area contributed by atoms with Crippen LogP contribution in [0.4, 0.5) is 13.2 Å². The van der Waals surface area contributed by atoms with Crippen LogP contribution in [-0.4, -0.2) is 22.3 Å². The molecule has 0 aromatic heterocycles. The average molecular weight is 435 g/mol. The average Bonchev–Trinajstić information content (AvgIpc) is 2.98. The van der Waals surface area contributed by atoms with Gasteiger partial charge in [0.25, 0.3) is 5.91 Å². The number of carbonyl (C=O) groups is 1. The Balaban J connectivity index is 1.71. The Morgan fingerprint density at radius 2 is 1.71 bits per heavy atom. The number of nitrogens with zero attached hydrogens (tertiary/aromatic N) is 1. The molecule has 1 aliphatic heterocycles. The van der Waals surface area contributed by atoms with Gasteiger partial charge in [0, 0.05) is 13.1 Å². The fourth-order valence-corrected chi connectivity index (χ4v) is 4.32. The van der Waals surface area contributed by atoms with Gasteiger partial charge in [-0.3, -0.25) is 4.79 Å². The smallest absolute Gasteiger partial charge is 0.507 e. The van der Waals surface area contributed by atoms with Crippen molar-refractivity contribution in [2.45, 2.75) is 65.4 Å². The zero-order chi connectivity index (χ0) is 22.6. The Hall–Kier alpha value is -2.70. The van der Waals surface area contributed by atoms with Crippen molar-refractivity contribution in [3.63, 3.8) is 0 Å². The number of halogens is 3. The number of carbonyl (C=O) groups excluding carboxylic acids is 1. The lowest BCUT2D eigenvalue weighted by atomic mass is 9.90. The minimum absolute atomic E-state index is 0.000622. The maximum absolute atomic E-state index is 12.8. The van der Waals surface area contributed by atoms with Gasteiger partial charge < -0.3 is 14.7 Å². The molecule has 0 radical (unpaired) electrons. The maximum atomic E-state index is 12.8. The first-order valence-electron chi connectivity index (χ1n) is 10.7. The number of rotatable bonds is 9. The van der Waals surface area contributed by atoms with Crippen molar-refractivity contribution in [1.29, 1.82) is 0 Å². The van der Waals surface area contributed by atoms with E-state index in [1.165, 1.54) is 24.3 Å². The fourth-order valence-electron chi connectivity index (χ4n) is 4.32. The van der Waals surface area contributed by atoms with Crippen LogP contribution in [-0.2, 0) is 19.5 Å². The number of phenols is 1. The highest BCUT2D eigenvalue weighted by Crippen LogP contribution is 2.34. The van der Waals surface area contributed by atoms with E-state index in [0.29, 0.717) is 23.6 Å². The molecule has 7 heteroatoms. The van der Waals surface area contributed by atoms with Crippen molar-refractivity contribution in [3.8, 4) is 11.5 Å². The topological polar surface area (TPSA) is 49.8 Å². The van der Waals surface area contributed by atoms with Crippen LogP contribution in [0.1, 0.15) is 66.6 Å². The third-order valence-electron chi connectivity index (χ3n) is 5.57. The molecule has 0 saturated heterocycles. The van der Waals surface area contributed by atoms with Crippen LogP contribution in [0.2, 0.25) is 0 Å². The molecule has 4 nitrogen and oxygen atoms in total. The zero-order valence-corrected chi connectivity index (χ0v) is 17.8. The second-order valence-corrected chi connectivity index (χ2v) is 8.15. The summed E-state index contributed by atoms with van der Waals surface area (Å²) in [5.74, 6) is -0.0182. The molecular formula is C24H28F3NO3. The third-order valence-corrected chi connectivity index (χ3v) is 5.57. The number of hydrogen-bond acceptors (Lipinski definition) is 3. The third kappa shape index (κ3) is 5.93. The SMILES string of the molecule is CCCC(CCC)Cc1cc(O)c2c(c1)CN(Cc1ccc(OC(F)(F)F)cc1)C2=O. The van der Waals surface area contributed by atoms with E-state index in [-0.39, 0.29) is 24.0 Å². The number of alkyl halides is 3. The Morgan fingerprint density at radius 1 is 1.06 bits per heavy atom. The van der Waals surface area contributed by atoms with E-state index in [1.54, 1.807) is 11.0 Å². The van der Waals surface area contributed by atoms with Gasteiger partial charge in [0.1, 0.15) is 11.5 Å². The lowest BCUT2D eigenvalue weighted by molar-refractivity contribution is -0.274. The first-order chi connectivity index (χ1) is 14.7. The first-order valence-corrected chi connectivity index (χ1v) is 10.7. The van der Waals surface area contributed by atoms with Crippen LogP contribution in [0.5, 0.6) is 11.5 Å². The number of phenolic OH excluding ortho intramolecular Hbond substituents is 1. The summed E-state index contributed by atoms with van der Waals surface area (Å²) in [4.78, 5) is 14.4. The number of fused-ring (bicyclic) bond motifs is 1. The summed E-state index contributed by atoms with van der Waals surface area (Å²) >= 11 is 0. The van der Waals surface area contributed by atoms with Crippen molar-refractivity contribution < 1.29 is 27.8 Å². The minimum Gasteiger partial charge on any atom is -0.507 e. The van der Waals surface area contributed by atoms with Gasteiger partial charge in [0.05, 0.1) is 5.56 Å². The molecule has 0 saturated carbocycles. The molecule has 1 heterocycles. The van der Waals surface area contributed by atoms with Gasteiger partial charge in [0.2, 0.25) is 0 Å². The van der Waals surface area contributed by atoms with E-state index in [4.69, 9.17) is 0 Å². The summed E-state index contributed by atoms with van der Waals surface area (Å²) in [5.41, 5.74) is 2.83. The van der Waals surface area contributed by atoms with E-state index in [0.717, 1.165) is 43.2 Å². The summed E-state index contributed by atoms with van der Waals surface area (Å²) in [7, 11) is 0. The number of amides is 1. The van der Waals surface area contributed by atoms with Crippen molar-refractivity contribution in [2.24, 2.45) is 5.92 Å². The van der Waals surface area contributed by atoms with Gasteiger partial charge in [-0.1, -0.05) is 57.7 Å². The molecule has 1 N–H and O–H groups in total. The summed E-state index contributed by atoms with van der Waals surface area (Å²) < 4.78 is 40.8. The van der Waals surface area contributed by atoms with Gasteiger partial charge >= 0.3 is 6.36 Å². The van der Waals surface area contributed by atoms with Crippen molar-refractivity contribution in [3.05, 3.63) is 58.7 Å². The van der Waals surface area contributed by atoms with Gasteiger partial charge in [-0.25, -0.2) is 0 Å². The van der Waals surface area contributed by atoms with Gasteiger partial charge in [-0.2, -0.15) is 0 Å². The highest BCUT2D eigenvalue weighted by atomic mass is 19.4. The van der Waals surface area contributed by atoms with Gasteiger partial charge in [-0.15, -0.1) is 13.2 Å². The zero-order valence-electron chi connectivity index (χ0n) is 17.8. The van der Waals surface area contributed by atoms with Crippen LogP contribution >= 0.6 is 0 Å². The van der Waals surface area contributed by atoms with Crippen LogP contribution in [0.3, 0.4) is 0 Å². The lowest BCUT2D eigenvalue weighted by Gasteiger charge is -2.16.